The Morgan fingerprint density at radius 1 is 1.67 bits per heavy atom. The van der Waals surface area contributed by atoms with E-state index in [9.17, 15) is 4.79 Å². The number of halogens is 1. The summed E-state index contributed by atoms with van der Waals surface area (Å²) in [7, 11) is 1.40. The van der Waals surface area contributed by atoms with E-state index in [0.717, 1.165) is 0 Å². The Kier molecular flexibility index (Phi) is 3.74. The first-order chi connectivity index (χ1) is 7.11. The van der Waals surface area contributed by atoms with Crippen molar-refractivity contribution in [1.82, 2.24) is 4.98 Å². The van der Waals surface area contributed by atoms with E-state index in [2.05, 4.69) is 4.98 Å². The first-order valence-electron chi connectivity index (χ1n) is 4.26. The van der Waals surface area contributed by atoms with Crippen LogP contribution < -0.4 is 10.5 Å². The second-order valence-electron chi connectivity index (χ2n) is 2.63. The zero-order valence-electron chi connectivity index (χ0n) is 8.41. The van der Waals surface area contributed by atoms with Crippen LogP contribution in [-0.4, -0.2) is 24.7 Å². The third-order valence-electron chi connectivity index (χ3n) is 1.73. The predicted octanol–water partition coefficient (Wildman–Crippen LogP) is 1.50. The number of carbonyl (C=O) groups excluding carboxylic acids is 1. The number of aromatic nitrogens is 1. The summed E-state index contributed by atoms with van der Waals surface area (Å²) in [5, 5.41) is 0.114. The number of hydrogen-bond donors (Lipinski definition) is 1. The molecule has 0 amide bonds. The van der Waals surface area contributed by atoms with Gasteiger partial charge in [0, 0.05) is 6.20 Å². The number of nitrogens with two attached hydrogens (primary N) is 1. The Morgan fingerprint density at radius 2 is 2.33 bits per heavy atom. The average molecular weight is 231 g/mol. The minimum absolute atomic E-state index is 0.114. The molecule has 0 aliphatic rings. The molecule has 0 atom stereocenters. The summed E-state index contributed by atoms with van der Waals surface area (Å²) in [6.45, 7) is 1.97. The highest BCUT2D eigenvalue weighted by Crippen LogP contribution is 2.31. The lowest BCUT2D eigenvalue weighted by Gasteiger charge is -2.09. The standard InChI is InChI=1S/C9H11ClN2O3/c1-3-15-9(13)5-4-12-8(10)7(14-2)6(5)11/h4H,3H2,1-2H3,(H2,11,12). The van der Waals surface area contributed by atoms with E-state index in [4.69, 9.17) is 26.8 Å². The van der Waals surface area contributed by atoms with Crippen LogP contribution in [0.2, 0.25) is 5.15 Å². The van der Waals surface area contributed by atoms with E-state index in [0.29, 0.717) is 0 Å². The topological polar surface area (TPSA) is 74.4 Å². The fraction of sp³-hybridized carbons (Fsp3) is 0.333. The highest BCUT2D eigenvalue weighted by Gasteiger charge is 2.17. The molecular weight excluding hydrogens is 220 g/mol. The van der Waals surface area contributed by atoms with Gasteiger partial charge in [0.15, 0.2) is 10.9 Å². The number of pyridine rings is 1. The number of rotatable bonds is 3. The fourth-order valence-electron chi connectivity index (χ4n) is 1.05. The number of nitrogens with zero attached hydrogens (tertiary/aromatic N) is 1. The van der Waals surface area contributed by atoms with Crippen molar-refractivity contribution in [3.8, 4) is 5.75 Å². The maximum absolute atomic E-state index is 11.4. The molecule has 82 valence electrons. The van der Waals surface area contributed by atoms with Crippen LogP contribution in [0.5, 0.6) is 5.75 Å². The second kappa shape index (κ2) is 4.84. The Bertz CT molecular complexity index is 382. The summed E-state index contributed by atoms with van der Waals surface area (Å²) in [5.74, 6) is -0.361. The van der Waals surface area contributed by atoms with Crippen molar-refractivity contribution < 1.29 is 14.3 Å². The molecule has 0 saturated carbocycles. The normalized spacial score (nSPS) is 9.80. The summed E-state index contributed by atoms with van der Waals surface area (Å²) < 4.78 is 9.71. The molecule has 0 aliphatic heterocycles. The number of methoxy groups -OCH3 is 1. The van der Waals surface area contributed by atoms with Gasteiger partial charge < -0.3 is 15.2 Å². The van der Waals surface area contributed by atoms with Crippen LogP contribution in [0.3, 0.4) is 0 Å². The Hall–Kier alpha value is -1.49. The number of anilines is 1. The molecule has 0 radical (unpaired) electrons. The van der Waals surface area contributed by atoms with Gasteiger partial charge in [-0.05, 0) is 6.92 Å². The van der Waals surface area contributed by atoms with E-state index < -0.39 is 5.97 Å². The van der Waals surface area contributed by atoms with Gasteiger partial charge in [0.2, 0.25) is 0 Å². The highest BCUT2D eigenvalue weighted by molar-refractivity contribution is 6.31. The largest absolute Gasteiger partial charge is 0.491 e. The number of ether oxygens (including phenoxy) is 2. The number of carbonyl (C=O) groups is 1. The van der Waals surface area contributed by atoms with Gasteiger partial charge in [-0.1, -0.05) is 11.6 Å². The molecule has 1 rings (SSSR count). The van der Waals surface area contributed by atoms with Crippen molar-refractivity contribution in [3.63, 3.8) is 0 Å². The molecule has 1 aromatic rings. The van der Waals surface area contributed by atoms with Gasteiger partial charge in [-0.25, -0.2) is 9.78 Å². The molecule has 1 heterocycles. The van der Waals surface area contributed by atoms with Crippen molar-refractivity contribution in [2.24, 2.45) is 0 Å². The highest BCUT2D eigenvalue weighted by atomic mass is 35.5. The van der Waals surface area contributed by atoms with Gasteiger partial charge in [0.1, 0.15) is 5.56 Å². The predicted molar refractivity (Wildman–Crippen MR) is 56.2 cm³/mol. The third-order valence-corrected chi connectivity index (χ3v) is 2.00. The molecule has 0 bridgehead atoms. The van der Waals surface area contributed by atoms with Crippen LogP contribution in [-0.2, 0) is 4.74 Å². The van der Waals surface area contributed by atoms with E-state index in [1.165, 1.54) is 13.3 Å². The van der Waals surface area contributed by atoms with Gasteiger partial charge in [0.05, 0.1) is 19.4 Å². The zero-order valence-corrected chi connectivity index (χ0v) is 9.17. The molecule has 1 aromatic heterocycles. The number of esters is 1. The molecular formula is C9H11ClN2O3. The maximum atomic E-state index is 11.4. The van der Waals surface area contributed by atoms with Gasteiger partial charge >= 0.3 is 5.97 Å². The second-order valence-corrected chi connectivity index (χ2v) is 2.99. The van der Waals surface area contributed by atoms with Crippen molar-refractivity contribution >= 4 is 23.3 Å². The molecule has 5 nitrogen and oxygen atoms in total. The molecule has 0 aliphatic carbocycles. The first-order valence-corrected chi connectivity index (χ1v) is 4.64. The first kappa shape index (κ1) is 11.6. The molecule has 6 heteroatoms. The molecule has 0 aromatic carbocycles. The minimum Gasteiger partial charge on any atom is -0.491 e. The van der Waals surface area contributed by atoms with Crippen molar-refractivity contribution in [2.75, 3.05) is 19.5 Å². The van der Waals surface area contributed by atoms with Crippen LogP contribution in [0.4, 0.5) is 5.69 Å². The Labute approximate surface area is 92.1 Å². The average Bonchev–Trinajstić information content (AvgIpc) is 2.18. The van der Waals surface area contributed by atoms with Crippen LogP contribution in [0.25, 0.3) is 0 Å². The van der Waals surface area contributed by atoms with Gasteiger partial charge in [-0.3, -0.25) is 0 Å². The summed E-state index contributed by atoms with van der Waals surface area (Å²) >= 11 is 5.72. The molecule has 15 heavy (non-hydrogen) atoms. The summed E-state index contributed by atoms with van der Waals surface area (Å²) in [6, 6.07) is 0. The maximum Gasteiger partial charge on any atom is 0.341 e. The summed E-state index contributed by atoms with van der Waals surface area (Å²) in [6.07, 6.45) is 1.26. The van der Waals surface area contributed by atoms with Crippen molar-refractivity contribution in [2.45, 2.75) is 6.92 Å². The Balaban J connectivity index is 3.15. The molecule has 0 saturated heterocycles. The van der Waals surface area contributed by atoms with Crippen molar-refractivity contribution in [1.29, 1.82) is 0 Å². The molecule has 0 fully saturated rings. The smallest absolute Gasteiger partial charge is 0.341 e. The van der Waals surface area contributed by atoms with Gasteiger partial charge in [-0.15, -0.1) is 0 Å². The minimum atomic E-state index is -0.544. The summed E-state index contributed by atoms with van der Waals surface area (Å²) in [4.78, 5) is 15.2. The van der Waals surface area contributed by atoms with Crippen LogP contribution >= 0.6 is 11.6 Å². The van der Waals surface area contributed by atoms with Crippen molar-refractivity contribution in [3.05, 3.63) is 16.9 Å². The van der Waals surface area contributed by atoms with Crippen LogP contribution in [0, 0.1) is 0 Å². The lowest BCUT2D eigenvalue weighted by atomic mass is 10.2. The van der Waals surface area contributed by atoms with Crippen LogP contribution in [0.1, 0.15) is 17.3 Å². The monoisotopic (exact) mass is 230 g/mol. The summed E-state index contributed by atoms with van der Waals surface area (Å²) in [5.41, 5.74) is 5.96. The molecule has 2 N–H and O–H groups in total. The number of nitrogen functional groups attached to an aromatic ring is 1. The number of hydrogen-bond acceptors (Lipinski definition) is 5. The molecule has 0 unspecified atom stereocenters. The van der Waals surface area contributed by atoms with Gasteiger partial charge in [-0.2, -0.15) is 0 Å². The van der Waals surface area contributed by atoms with E-state index in [1.807, 2.05) is 0 Å². The third kappa shape index (κ3) is 2.30. The fourth-order valence-corrected chi connectivity index (χ4v) is 1.28. The van der Waals surface area contributed by atoms with E-state index in [1.54, 1.807) is 6.92 Å². The van der Waals surface area contributed by atoms with E-state index in [-0.39, 0.29) is 28.8 Å². The van der Waals surface area contributed by atoms with Gasteiger partial charge in [0.25, 0.3) is 0 Å². The SMILES string of the molecule is CCOC(=O)c1cnc(Cl)c(OC)c1N. The quantitative estimate of drug-likeness (QED) is 0.629. The van der Waals surface area contributed by atoms with E-state index >= 15 is 0 Å². The zero-order chi connectivity index (χ0) is 11.4. The lowest BCUT2D eigenvalue weighted by Crippen LogP contribution is -2.10. The van der Waals surface area contributed by atoms with Crippen LogP contribution in [0.15, 0.2) is 6.20 Å². The molecule has 0 spiro atoms. The lowest BCUT2D eigenvalue weighted by molar-refractivity contribution is 0.0527. The Morgan fingerprint density at radius 3 is 2.87 bits per heavy atom.